The van der Waals surface area contributed by atoms with Crippen LogP contribution in [0.5, 0.6) is 0 Å². The number of para-hydroxylation sites is 5. The molecule has 0 unspecified atom stereocenters. The molecular weight excluding hydrogens is 1700 g/mol. The van der Waals surface area contributed by atoms with E-state index in [1.54, 1.807) is 0 Å². The number of furan rings is 1. The van der Waals surface area contributed by atoms with Crippen LogP contribution in [0.3, 0.4) is 0 Å². The number of fused-ring (bicyclic) bond motifs is 27. The molecule has 0 radical (unpaired) electrons. The van der Waals surface area contributed by atoms with E-state index in [0.717, 1.165) is 95.6 Å². The maximum absolute atomic E-state index is 6.32. The Kier molecular flexibility index (Phi) is 18.4. The first-order chi connectivity index (χ1) is 69.2. The Hall–Kier alpha value is -18.1. The van der Waals surface area contributed by atoms with Crippen molar-refractivity contribution in [1.29, 1.82) is 0 Å². The van der Waals surface area contributed by atoms with Crippen molar-refractivity contribution in [2.24, 2.45) is 0 Å². The zero-order chi connectivity index (χ0) is 92.4. The van der Waals surface area contributed by atoms with E-state index >= 15 is 0 Å². The van der Waals surface area contributed by atoms with E-state index in [0.29, 0.717) is 17.6 Å². The molecule has 27 aromatic rings. The molecule has 3 aliphatic carbocycles. The molecule has 6 heterocycles. The first-order valence-electron chi connectivity index (χ1n) is 48.4. The fourth-order valence-corrected chi connectivity index (χ4v) is 23.3. The Morgan fingerprint density at radius 3 is 1.19 bits per heavy atom. The fourth-order valence-electron chi connectivity index (χ4n) is 23.3. The van der Waals surface area contributed by atoms with Crippen LogP contribution >= 0.6 is 0 Å². The van der Waals surface area contributed by atoms with Gasteiger partial charge in [0, 0.05) is 93.5 Å². The number of allylic oxidation sites excluding steroid dienone is 4. The van der Waals surface area contributed by atoms with Gasteiger partial charge in [-0.2, -0.15) is 9.97 Å². The standard InChI is InChI=1S/C53H35N5.C41H29N.C38H23NO/c1-3-16-34(17-4-1)51-54-52(35-18-5-2-6-19-35)56-53(55-51)58-48-29-14-12-27-43(48)46-32-49-45(33-50(46)58)42-26-11-13-28-47(42)57(49)38-22-15-21-36(30-38)44-31-37-20-7-8-23-39(37)40-24-9-10-25-41(40)44;1-41(2)37-20-9-7-18-32(37)35-24-36-33-19-8-10-21-39(33)42(40(36)25-38(35)41)28-14-11-13-26(22-28)34-23-27-12-3-4-15-29(27)30-16-5-6-17-31(30)34;1-2-13-27-25(10-1)21-32(29-15-4-3-14-28(27)29)24-11-9-12-26(20-24)39-35-18-7-5-16-30(35)33-22-34-31-17-6-8-19-37(31)40-38(34)23-36(33)39/h1-22,25-33H,23-24H2;3-25H,1-2H3;1-23H. The molecule has 656 valence electrons. The third kappa shape index (κ3) is 12.8. The molecule has 0 fully saturated rings. The van der Waals surface area contributed by atoms with Gasteiger partial charge in [-0.1, -0.05) is 360 Å². The molecule has 0 spiro atoms. The molecule has 30 rings (SSSR count). The Balaban J connectivity index is 0.000000105. The van der Waals surface area contributed by atoms with Gasteiger partial charge >= 0.3 is 0 Å². The first-order valence-corrected chi connectivity index (χ1v) is 48.4. The highest BCUT2D eigenvalue weighted by atomic mass is 16.3. The van der Waals surface area contributed by atoms with Crippen molar-refractivity contribution >= 4 is 164 Å². The van der Waals surface area contributed by atoms with E-state index in [9.17, 15) is 0 Å². The molecule has 0 N–H and O–H groups in total. The highest BCUT2D eigenvalue weighted by Gasteiger charge is 2.37. The molecule has 0 bridgehead atoms. The van der Waals surface area contributed by atoms with Gasteiger partial charge in [-0.05, 0) is 248 Å². The van der Waals surface area contributed by atoms with Crippen molar-refractivity contribution in [3.8, 4) is 90.3 Å². The number of hydrogen-bond acceptors (Lipinski definition) is 4. The van der Waals surface area contributed by atoms with Gasteiger partial charge in [-0.25, -0.2) is 4.98 Å². The summed E-state index contributed by atoms with van der Waals surface area (Å²) >= 11 is 0. The molecule has 21 aromatic carbocycles. The van der Waals surface area contributed by atoms with E-state index in [4.69, 9.17) is 19.4 Å². The van der Waals surface area contributed by atoms with Crippen LogP contribution in [0.25, 0.3) is 255 Å². The average molecular weight is 1790 g/mol. The first kappa shape index (κ1) is 80.4. The molecule has 6 aromatic heterocycles. The summed E-state index contributed by atoms with van der Waals surface area (Å²) in [5.41, 5.74) is 32.2. The van der Waals surface area contributed by atoms with Crippen LogP contribution in [0.2, 0.25) is 0 Å². The van der Waals surface area contributed by atoms with Gasteiger partial charge in [-0.3, -0.25) is 4.57 Å². The van der Waals surface area contributed by atoms with Crippen LogP contribution in [0, 0.1) is 0 Å². The summed E-state index contributed by atoms with van der Waals surface area (Å²) in [4.78, 5) is 15.4. The summed E-state index contributed by atoms with van der Waals surface area (Å²) in [5, 5.41) is 24.9. The third-order valence-electron chi connectivity index (χ3n) is 29.8. The minimum atomic E-state index is -0.0484. The quantitative estimate of drug-likeness (QED) is 0.135. The summed E-state index contributed by atoms with van der Waals surface area (Å²) in [5.74, 6) is 1.86. The predicted octanol–water partition coefficient (Wildman–Crippen LogP) is 32.6. The van der Waals surface area contributed by atoms with E-state index in [1.807, 2.05) is 48.5 Å². The van der Waals surface area contributed by atoms with Crippen LogP contribution in [0.15, 0.2) is 459 Å². The van der Waals surface area contributed by atoms with E-state index < -0.39 is 0 Å². The van der Waals surface area contributed by atoms with Gasteiger partial charge in [0.2, 0.25) is 5.95 Å². The SMILES string of the molecule is C1=CCc2c3c(c(-c4cccc(-n5c6ccccc6c6cc7c(cc65)c5ccccc5n7-c5nc(-c6ccccc6)nc(-c6ccccc6)n5)c4)cc2=C1)=CC=CC3.CC1(C)c2ccccc2-c2cc3c4ccccc4n(-c4cccc(-c5cc6ccccc6c6ccccc56)c4)c3cc21.c1cc(-c2cc3ccccc3c3ccccc23)cc(-n2c3ccccc3c3cc4c(cc32)oc2ccccc24)c1. The lowest BCUT2D eigenvalue weighted by atomic mass is 9.82. The third-order valence-corrected chi connectivity index (χ3v) is 29.8. The maximum Gasteiger partial charge on any atom is 0.238 e. The number of benzene rings is 21. The van der Waals surface area contributed by atoms with Gasteiger partial charge in [-0.15, -0.1) is 0 Å². The van der Waals surface area contributed by atoms with Gasteiger partial charge in [0.15, 0.2) is 11.6 Å². The van der Waals surface area contributed by atoms with Crippen molar-refractivity contribution in [2.75, 3.05) is 0 Å². The second kappa shape index (κ2) is 32.0. The summed E-state index contributed by atoms with van der Waals surface area (Å²) < 4.78 is 15.8. The van der Waals surface area contributed by atoms with Crippen molar-refractivity contribution in [3.05, 3.63) is 488 Å². The molecule has 0 saturated carbocycles. The maximum atomic E-state index is 6.32. The normalized spacial score (nSPS) is 13.0. The molecule has 0 amide bonds. The number of hydrogen-bond donors (Lipinski definition) is 0. The summed E-state index contributed by atoms with van der Waals surface area (Å²) in [6.45, 7) is 4.73. The van der Waals surface area contributed by atoms with E-state index in [1.165, 1.54) is 175 Å². The summed E-state index contributed by atoms with van der Waals surface area (Å²) in [7, 11) is 0. The van der Waals surface area contributed by atoms with Gasteiger partial charge < -0.3 is 18.1 Å². The molecule has 140 heavy (non-hydrogen) atoms. The highest BCUT2D eigenvalue weighted by Crippen LogP contribution is 2.53. The molecule has 3 aliphatic rings. The second-order valence-corrected chi connectivity index (χ2v) is 37.9. The van der Waals surface area contributed by atoms with Gasteiger partial charge in [0.05, 0.1) is 44.1 Å². The van der Waals surface area contributed by atoms with Crippen LogP contribution in [0.4, 0.5) is 0 Å². The number of rotatable bonds is 9. The van der Waals surface area contributed by atoms with Crippen molar-refractivity contribution in [2.45, 2.75) is 32.1 Å². The van der Waals surface area contributed by atoms with Crippen LogP contribution < -0.4 is 10.4 Å². The topological polar surface area (TPSA) is 71.5 Å². The molecule has 8 nitrogen and oxygen atoms in total. The molecule has 8 heteroatoms. The fraction of sp³-hybridized carbons (Fsp3) is 0.0379. The highest BCUT2D eigenvalue weighted by molar-refractivity contribution is 6.22. The van der Waals surface area contributed by atoms with Gasteiger partial charge in [0.1, 0.15) is 11.2 Å². The van der Waals surface area contributed by atoms with Crippen LogP contribution in [-0.4, -0.2) is 33.2 Å². The summed E-state index contributed by atoms with van der Waals surface area (Å²) in [6.07, 6.45) is 15.5. The Labute approximate surface area is 806 Å². The van der Waals surface area contributed by atoms with Crippen molar-refractivity contribution in [1.82, 2.24) is 33.2 Å². The van der Waals surface area contributed by atoms with E-state index in [2.05, 4.69) is 451 Å². The molecule has 0 atom stereocenters. The van der Waals surface area contributed by atoms with Gasteiger partial charge in [0.25, 0.3) is 0 Å². The van der Waals surface area contributed by atoms with Crippen molar-refractivity contribution < 1.29 is 4.42 Å². The molecule has 0 aliphatic heterocycles. The smallest absolute Gasteiger partial charge is 0.238 e. The average Bonchev–Trinajstić information content (AvgIpc) is 1.53. The molecule has 0 saturated heterocycles. The lowest BCUT2D eigenvalue weighted by Gasteiger charge is -2.21. The second-order valence-electron chi connectivity index (χ2n) is 37.9. The zero-order valence-corrected chi connectivity index (χ0v) is 76.9. The lowest BCUT2D eigenvalue weighted by Crippen LogP contribution is -2.26. The minimum Gasteiger partial charge on any atom is -0.456 e. The Morgan fingerprint density at radius 1 is 0.236 bits per heavy atom. The Morgan fingerprint density at radius 2 is 0.643 bits per heavy atom. The molecular formula is C132H87N7O. The van der Waals surface area contributed by atoms with Crippen LogP contribution in [0.1, 0.15) is 36.1 Å². The predicted molar refractivity (Wildman–Crippen MR) is 586 cm³/mol. The lowest BCUT2D eigenvalue weighted by molar-refractivity contribution is 0.661. The largest absolute Gasteiger partial charge is 0.456 e. The zero-order valence-electron chi connectivity index (χ0n) is 76.9. The monoisotopic (exact) mass is 1790 g/mol. The van der Waals surface area contributed by atoms with Crippen LogP contribution in [-0.2, 0) is 18.3 Å². The van der Waals surface area contributed by atoms with E-state index in [-0.39, 0.29) is 5.41 Å². The number of aromatic nitrogens is 7. The van der Waals surface area contributed by atoms with Crippen molar-refractivity contribution in [3.63, 3.8) is 0 Å². The minimum absolute atomic E-state index is 0.0484. The summed E-state index contributed by atoms with van der Waals surface area (Å²) in [6, 6.07) is 156. The number of nitrogens with zero attached hydrogens (tertiary/aromatic N) is 7. The Bertz CT molecular complexity index is 10100.